The van der Waals surface area contributed by atoms with E-state index < -0.39 is 23.5 Å². The molecule has 19 heavy (non-hydrogen) atoms. The molecule has 0 bridgehead atoms. The Balaban J connectivity index is 3.86. The summed E-state index contributed by atoms with van der Waals surface area (Å²) in [6.45, 7) is 7.00. The van der Waals surface area contributed by atoms with E-state index in [0.717, 1.165) is 25.7 Å². The first-order valence-electron chi connectivity index (χ1n) is 6.74. The van der Waals surface area contributed by atoms with Gasteiger partial charge in [0.2, 0.25) is 0 Å². The molecule has 0 aromatic rings. The molecule has 0 spiro atoms. The van der Waals surface area contributed by atoms with Gasteiger partial charge < -0.3 is 9.47 Å². The molecule has 0 N–H and O–H groups in total. The summed E-state index contributed by atoms with van der Waals surface area (Å²) in [6, 6.07) is 0. The molecule has 0 saturated heterocycles. The molecule has 0 aliphatic rings. The Kier molecular flexibility index (Phi) is 8.03. The maximum absolute atomic E-state index is 11.3. The van der Waals surface area contributed by atoms with Crippen molar-refractivity contribution in [2.75, 3.05) is 0 Å². The summed E-state index contributed by atoms with van der Waals surface area (Å²) in [5.74, 6) is -3.05. The molecule has 0 heterocycles. The SMILES string of the molecule is CCCCCCCC(=O)OC(=O)C(=O)OC(C)(C)C. The monoisotopic (exact) mass is 272 g/mol. The quantitative estimate of drug-likeness (QED) is 0.322. The lowest BCUT2D eigenvalue weighted by atomic mass is 10.1. The number of ether oxygens (including phenoxy) is 2. The summed E-state index contributed by atoms with van der Waals surface area (Å²) in [7, 11) is 0. The third-order valence-corrected chi connectivity index (χ3v) is 2.26. The molecule has 0 amide bonds. The molecule has 5 heteroatoms. The lowest BCUT2D eigenvalue weighted by Gasteiger charge is -2.18. The predicted octanol–water partition coefficient (Wildman–Crippen LogP) is 2.76. The van der Waals surface area contributed by atoms with Crippen LogP contribution in [0.25, 0.3) is 0 Å². The Morgan fingerprint density at radius 2 is 1.47 bits per heavy atom. The van der Waals surface area contributed by atoms with Gasteiger partial charge in [0.25, 0.3) is 0 Å². The van der Waals surface area contributed by atoms with Gasteiger partial charge in [0.1, 0.15) is 5.60 Å². The molecule has 0 rings (SSSR count). The molecular weight excluding hydrogens is 248 g/mol. The molecule has 0 aliphatic heterocycles. The average molecular weight is 272 g/mol. The lowest BCUT2D eigenvalue weighted by molar-refractivity contribution is -0.178. The fourth-order valence-corrected chi connectivity index (χ4v) is 1.39. The van der Waals surface area contributed by atoms with Crippen molar-refractivity contribution >= 4 is 17.9 Å². The maximum atomic E-state index is 11.3. The van der Waals surface area contributed by atoms with Crippen molar-refractivity contribution in [3.8, 4) is 0 Å². The largest absolute Gasteiger partial charge is 0.452 e. The van der Waals surface area contributed by atoms with Gasteiger partial charge in [-0.15, -0.1) is 0 Å². The van der Waals surface area contributed by atoms with Crippen LogP contribution in [0, 0.1) is 0 Å². The van der Waals surface area contributed by atoms with Crippen LogP contribution in [0.5, 0.6) is 0 Å². The average Bonchev–Trinajstić information content (AvgIpc) is 2.26. The zero-order chi connectivity index (χ0) is 14.9. The fourth-order valence-electron chi connectivity index (χ4n) is 1.39. The summed E-state index contributed by atoms with van der Waals surface area (Å²) in [4.78, 5) is 33.8. The third kappa shape index (κ3) is 10.2. The second-order valence-electron chi connectivity index (χ2n) is 5.43. The Morgan fingerprint density at radius 1 is 0.895 bits per heavy atom. The van der Waals surface area contributed by atoms with Gasteiger partial charge in [-0.05, 0) is 27.2 Å². The number of rotatable bonds is 6. The molecule has 5 nitrogen and oxygen atoms in total. The van der Waals surface area contributed by atoms with Crippen molar-refractivity contribution in [2.24, 2.45) is 0 Å². The van der Waals surface area contributed by atoms with Crippen molar-refractivity contribution in [3.05, 3.63) is 0 Å². The Morgan fingerprint density at radius 3 is 2.00 bits per heavy atom. The number of hydrogen-bond donors (Lipinski definition) is 0. The van der Waals surface area contributed by atoms with Gasteiger partial charge in [0.05, 0.1) is 0 Å². The minimum atomic E-state index is -1.24. The molecule has 0 aliphatic carbocycles. The first-order chi connectivity index (χ1) is 8.76. The minimum Gasteiger partial charge on any atom is -0.452 e. The summed E-state index contributed by atoms with van der Waals surface area (Å²) in [5, 5.41) is 0. The third-order valence-electron chi connectivity index (χ3n) is 2.26. The number of hydrogen-bond acceptors (Lipinski definition) is 5. The van der Waals surface area contributed by atoms with E-state index in [1.54, 1.807) is 20.8 Å². The van der Waals surface area contributed by atoms with Crippen LogP contribution in [0.1, 0.15) is 66.2 Å². The number of esters is 3. The Bertz CT molecular complexity index is 314. The van der Waals surface area contributed by atoms with E-state index in [1.807, 2.05) is 0 Å². The van der Waals surface area contributed by atoms with Gasteiger partial charge in [-0.3, -0.25) is 4.79 Å². The molecule has 0 saturated carbocycles. The van der Waals surface area contributed by atoms with Crippen molar-refractivity contribution in [1.82, 2.24) is 0 Å². The molecule has 110 valence electrons. The summed E-state index contributed by atoms with van der Waals surface area (Å²) < 4.78 is 9.20. The molecular formula is C14H24O5. The van der Waals surface area contributed by atoms with E-state index in [1.165, 1.54) is 0 Å². The topological polar surface area (TPSA) is 69.7 Å². The van der Waals surface area contributed by atoms with Gasteiger partial charge >= 0.3 is 17.9 Å². The van der Waals surface area contributed by atoms with Crippen LogP contribution in [0.3, 0.4) is 0 Å². The molecule has 0 unspecified atom stereocenters. The van der Waals surface area contributed by atoms with E-state index in [9.17, 15) is 14.4 Å². The summed E-state index contributed by atoms with van der Waals surface area (Å²) in [5.41, 5.74) is -0.778. The zero-order valence-electron chi connectivity index (χ0n) is 12.3. The Labute approximate surface area is 114 Å². The number of carbonyl (C=O) groups excluding carboxylic acids is 3. The number of carbonyl (C=O) groups is 3. The first-order valence-corrected chi connectivity index (χ1v) is 6.74. The molecule has 0 aromatic carbocycles. The highest BCUT2D eigenvalue weighted by atomic mass is 16.6. The van der Waals surface area contributed by atoms with Crippen molar-refractivity contribution < 1.29 is 23.9 Å². The normalized spacial score (nSPS) is 10.9. The van der Waals surface area contributed by atoms with E-state index in [0.29, 0.717) is 6.42 Å². The standard InChI is InChI=1S/C14H24O5/c1-5-6-7-8-9-10-11(15)18-12(16)13(17)19-14(2,3)4/h5-10H2,1-4H3. The van der Waals surface area contributed by atoms with Crippen LogP contribution >= 0.6 is 0 Å². The van der Waals surface area contributed by atoms with Crippen LogP contribution in [0.15, 0.2) is 0 Å². The van der Waals surface area contributed by atoms with Gasteiger partial charge in [-0.1, -0.05) is 32.6 Å². The molecule has 0 atom stereocenters. The smallest absolute Gasteiger partial charge is 0.425 e. The predicted molar refractivity (Wildman–Crippen MR) is 70.3 cm³/mol. The highest BCUT2D eigenvalue weighted by Crippen LogP contribution is 2.09. The van der Waals surface area contributed by atoms with Crippen LogP contribution in [0.4, 0.5) is 0 Å². The second-order valence-corrected chi connectivity index (χ2v) is 5.43. The zero-order valence-corrected chi connectivity index (χ0v) is 12.3. The summed E-state index contributed by atoms with van der Waals surface area (Å²) >= 11 is 0. The van der Waals surface area contributed by atoms with Crippen LogP contribution in [0.2, 0.25) is 0 Å². The van der Waals surface area contributed by atoms with E-state index in [4.69, 9.17) is 4.74 Å². The lowest BCUT2D eigenvalue weighted by Crippen LogP contribution is -2.31. The van der Waals surface area contributed by atoms with Gasteiger partial charge in [-0.2, -0.15) is 0 Å². The summed E-state index contributed by atoms with van der Waals surface area (Å²) in [6.07, 6.45) is 5.06. The van der Waals surface area contributed by atoms with Crippen molar-refractivity contribution in [3.63, 3.8) is 0 Å². The van der Waals surface area contributed by atoms with Crippen LogP contribution in [-0.2, 0) is 23.9 Å². The minimum absolute atomic E-state index is 0.151. The van der Waals surface area contributed by atoms with Crippen LogP contribution < -0.4 is 0 Å². The van der Waals surface area contributed by atoms with Crippen molar-refractivity contribution in [1.29, 1.82) is 0 Å². The van der Waals surface area contributed by atoms with Gasteiger partial charge in [-0.25, -0.2) is 9.59 Å². The van der Waals surface area contributed by atoms with E-state index in [2.05, 4.69) is 11.7 Å². The van der Waals surface area contributed by atoms with E-state index >= 15 is 0 Å². The van der Waals surface area contributed by atoms with Crippen molar-refractivity contribution in [2.45, 2.75) is 71.8 Å². The molecule has 0 fully saturated rings. The fraction of sp³-hybridized carbons (Fsp3) is 0.786. The number of unbranched alkanes of at least 4 members (excludes halogenated alkanes) is 4. The van der Waals surface area contributed by atoms with E-state index in [-0.39, 0.29) is 6.42 Å². The molecule has 0 aromatic heterocycles. The van der Waals surface area contributed by atoms with Gasteiger partial charge in [0, 0.05) is 6.42 Å². The highest BCUT2D eigenvalue weighted by molar-refractivity contribution is 6.31. The second kappa shape index (κ2) is 8.67. The van der Waals surface area contributed by atoms with Gasteiger partial charge in [0.15, 0.2) is 0 Å². The van der Waals surface area contributed by atoms with Crippen LogP contribution in [-0.4, -0.2) is 23.5 Å². The first kappa shape index (κ1) is 17.6. The highest BCUT2D eigenvalue weighted by Gasteiger charge is 2.26. The Hall–Kier alpha value is -1.39. The maximum Gasteiger partial charge on any atom is 0.425 e. The molecule has 0 radical (unpaired) electrons.